The molecule has 0 saturated heterocycles. The normalized spacial score (nSPS) is 12.2. The van der Waals surface area contributed by atoms with Gasteiger partial charge in [0.1, 0.15) is 0 Å². The molecule has 2 N–H and O–H groups in total. The lowest BCUT2D eigenvalue weighted by molar-refractivity contribution is 0.486. The second-order valence-corrected chi connectivity index (χ2v) is 6.24. The number of nitrogens with zero attached hydrogens (tertiary/aromatic N) is 2. The minimum atomic E-state index is -3.11. The summed E-state index contributed by atoms with van der Waals surface area (Å²) in [6.07, 6.45) is 2.95. The zero-order valence-corrected chi connectivity index (χ0v) is 11.2. The van der Waals surface area contributed by atoms with Gasteiger partial charge in [0.25, 0.3) is 0 Å². The zero-order chi connectivity index (χ0) is 13.2. The Morgan fingerprint density at radius 2 is 2.22 bits per heavy atom. The van der Waals surface area contributed by atoms with Crippen LogP contribution in [0.3, 0.4) is 0 Å². The topological polar surface area (TPSA) is 78.1 Å². The van der Waals surface area contributed by atoms with Gasteiger partial charge in [-0.25, -0.2) is 12.7 Å². The van der Waals surface area contributed by atoms with E-state index < -0.39 is 10.0 Å². The molecular formula is C11H16N4O2S. The first-order chi connectivity index (χ1) is 8.48. The van der Waals surface area contributed by atoms with Gasteiger partial charge in [0.2, 0.25) is 10.0 Å². The summed E-state index contributed by atoms with van der Waals surface area (Å²) in [5.41, 5.74) is 1.90. The standard InChI is InChI=1S/C11H16N4O2S/c1-15(18(2,16)17)7-6-12-10-4-3-5-11-9(10)8-13-14-11/h3-5,8,12H,6-7H2,1-2H3,(H,13,14). The molecule has 0 aliphatic carbocycles. The van der Waals surface area contributed by atoms with Crippen molar-refractivity contribution in [3.63, 3.8) is 0 Å². The molecule has 0 aliphatic rings. The largest absolute Gasteiger partial charge is 0.383 e. The summed E-state index contributed by atoms with van der Waals surface area (Å²) in [5, 5.41) is 11.1. The highest BCUT2D eigenvalue weighted by atomic mass is 32.2. The fourth-order valence-corrected chi connectivity index (χ4v) is 2.06. The number of aromatic nitrogens is 2. The fourth-order valence-electron chi connectivity index (χ4n) is 1.64. The summed E-state index contributed by atoms with van der Waals surface area (Å²) in [6.45, 7) is 0.973. The molecule has 1 aromatic carbocycles. The van der Waals surface area contributed by atoms with Crippen molar-refractivity contribution in [1.82, 2.24) is 14.5 Å². The van der Waals surface area contributed by atoms with Crippen LogP contribution in [0.1, 0.15) is 0 Å². The van der Waals surface area contributed by atoms with Crippen molar-refractivity contribution in [3.8, 4) is 0 Å². The number of H-pyrrole nitrogens is 1. The Balaban J connectivity index is 2.01. The molecule has 18 heavy (non-hydrogen) atoms. The number of benzene rings is 1. The third-order valence-electron chi connectivity index (χ3n) is 2.79. The lowest BCUT2D eigenvalue weighted by atomic mass is 10.2. The minimum Gasteiger partial charge on any atom is -0.383 e. The summed E-state index contributed by atoms with van der Waals surface area (Å²) < 4.78 is 23.8. The van der Waals surface area contributed by atoms with Gasteiger partial charge >= 0.3 is 0 Å². The van der Waals surface area contributed by atoms with Crippen molar-refractivity contribution in [2.75, 3.05) is 31.7 Å². The second kappa shape index (κ2) is 4.95. The van der Waals surface area contributed by atoms with Gasteiger partial charge < -0.3 is 5.32 Å². The van der Waals surface area contributed by atoms with Crippen LogP contribution in [0.4, 0.5) is 5.69 Å². The van der Waals surface area contributed by atoms with Crippen LogP contribution < -0.4 is 5.32 Å². The van der Waals surface area contributed by atoms with Crippen molar-refractivity contribution >= 4 is 26.6 Å². The maximum Gasteiger partial charge on any atom is 0.211 e. The number of likely N-dealkylation sites (N-methyl/N-ethyl adjacent to an activating group) is 1. The van der Waals surface area contributed by atoms with Gasteiger partial charge in [-0.2, -0.15) is 5.10 Å². The Morgan fingerprint density at radius 3 is 2.94 bits per heavy atom. The second-order valence-electron chi connectivity index (χ2n) is 4.15. The van der Waals surface area contributed by atoms with Gasteiger partial charge in [0.05, 0.1) is 18.0 Å². The predicted octanol–water partition coefficient (Wildman–Crippen LogP) is 0.866. The van der Waals surface area contributed by atoms with E-state index in [1.807, 2.05) is 18.2 Å². The molecule has 98 valence electrons. The van der Waals surface area contributed by atoms with Crippen molar-refractivity contribution in [1.29, 1.82) is 0 Å². The van der Waals surface area contributed by atoms with Gasteiger partial charge in [0, 0.05) is 31.2 Å². The van der Waals surface area contributed by atoms with Gasteiger partial charge in [-0.3, -0.25) is 5.10 Å². The third kappa shape index (κ3) is 2.80. The highest BCUT2D eigenvalue weighted by Gasteiger charge is 2.10. The van der Waals surface area contributed by atoms with Gasteiger partial charge in [-0.1, -0.05) is 6.07 Å². The molecule has 2 aromatic rings. The molecule has 0 spiro atoms. The average Bonchev–Trinajstić information content (AvgIpc) is 2.76. The van der Waals surface area contributed by atoms with E-state index in [4.69, 9.17) is 0 Å². The Bertz CT molecular complexity index is 635. The summed E-state index contributed by atoms with van der Waals surface area (Å²) in [7, 11) is -1.55. The number of sulfonamides is 1. The van der Waals surface area contributed by atoms with Crippen molar-refractivity contribution < 1.29 is 8.42 Å². The summed E-state index contributed by atoms with van der Waals surface area (Å²) in [4.78, 5) is 0. The highest BCUT2D eigenvalue weighted by Crippen LogP contribution is 2.20. The van der Waals surface area contributed by atoms with Crippen molar-refractivity contribution in [3.05, 3.63) is 24.4 Å². The molecule has 0 saturated carbocycles. The molecule has 0 atom stereocenters. The van der Waals surface area contributed by atoms with Crippen LogP contribution in [-0.4, -0.2) is 49.3 Å². The highest BCUT2D eigenvalue weighted by molar-refractivity contribution is 7.88. The molecular weight excluding hydrogens is 252 g/mol. The summed E-state index contributed by atoms with van der Waals surface area (Å²) in [6, 6.07) is 5.80. The van der Waals surface area contributed by atoms with Gasteiger partial charge in [0.15, 0.2) is 0 Å². The Morgan fingerprint density at radius 1 is 1.44 bits per heavy atom. The van der Waals surface area contributed by atoms with Crippen LogP contribution in [0.5, 0.6) is 0 Å². The van der Waals surface area contributed by atoms with Crippen molar-refractivity contribution in [2.24, 2.45) is 0 Å². The van der Waals surface area contributed by atoms with E-state index in [1.165, 1.54) is 10.6 Å². The van der Waals surface area contributed by atoms with Crippen LogP contribution in [0.15, 0.2) is 24.4 Å². The maximum absolute atomic E-state index is 11.2. The van der Waals surface area contributed by atoms with E-state index in [2.05, 4.69) is 15.5 Å². The molecule has 6 nitrogen and oxygen atoms in total. The number of hydrogen-bond donors (Lipinski definition) is 2. The van der Waals surface area contributed by atoms with E-state index in [-0.39, 0.29) is 0 Å². The number of rotatable bonds is 5. The van der Waals surface area contributed by atoms with E-state index in [1.54, 1.807) is 13.2 Å². The molecule has 0 unspecified atom stereocenters. The predicted molar refractivity (Wildman–Crippen MR) is 72.1 cm³/mol. The molecule has 1 heterocycles. The third-order valence-corrected chi connectivity index (χ3v) is 4.11. The SMILES string of the molecule is CN(CCNc1cccc2[nH]ncc12)S(C)(=O)=O. The first kappa shape index (κ1) is 12.8. The smallest absolute Gasteiger partial charge is 0.211 e. The van der Waals surface area contributed by atoms with Crippen LogP contribution in [0, 0.1) is 0 Å². The number of anilines is 1. The monoisotopic (exact) mass is 268 g/mol. The molecule has 7 heteroatoms. The molecule has 0 fully saturated rings. The van der Waals surface area contributed by atoms with Crippen LogP contribution >= 0.6 is 0 Å². The fraction of sp³-hybridized carbons (Fsp3) is 0.364. The van der Waals surface area contributed by atoms with Crippen LogP contribution in [0.25, 0.3) is 10.9 Å². The van der Waals surface area contributed by atoms with Gasteiger partial charge in [-0.05, 0) is 12.1 Å². The van der Waals surface area contributed by atoms with E-state index in [0.717, 1.165) is 16.6 Å². The average molecular weight is 268 g/mol. The zero-order valence-electron chi connectivity index (χ0n) is 10.3. The van der Waals surface area contributed by atoms with Gasteiger partial charge in [-0.15, -0.1) is 0 Å². The van der Waals surface area contributed by atoms with Crippen LogP contribution in [-0.2, 0) is 10.0 Å². The molecule has 0 amide bonds. The Labute approximate surface area is 106 Å². The molecule has 0 radical (unpaired) electrons. The van der Waals surface area contributed by atoms with E-state index >= 15 is 0 Å². The lowest BCUT2D eigenvalue weighted by Crippen LogP contribution is -2.30. The minimum absolute atomic E-state index is 0.424. The van der Waals surface area contributed by atoms with E-state index in [0.29, 0.717) is 13.1 Å². The quantitative estimate of drug-likeness (QED) is 0.843. The number of nitrogens with one attached hydrogen (secondary N) is 2. The summed E-state index contributed by atoms with van der Waals surface area (Å²) in [5.74, 6) is 0. The van der Waals surface area contributed by atoms with E-state index in [9.17, 15) is 8.42 Å². The number of aromatic amines is 1. The molecule has 1 aromatic heterocycles. The first-order valence-corrected chi connectivity index (χ1v) is 7.40. The molecule has 2 rings (SSSR count). The molecule has 0 bridgehead atoms. The summed E-state index contributed by atoms with van der Waals surface area (Å²) >= 11 is 0. The molecule has 0 aliphatic heterocycles. The first-order valence-electron chi connectivity index (χ1n) is 5.56. The number of fused-ring (bicyclic) bond motifs is 1. The van der Waals surface area contributed by atoms with Crippen LogP contribution in [0.2, 0.25) is 0 Å². The Hall–Kier alpha value is -1.60. The number of hydrogen-bond acceptors (Lipinski definition) is 4. The lowest BCUT2D eigenvalue weighted by Gasteiger charge is -2.15. The van der Waals surface area contributed by atoms with Crippen molar-refractivity contribution in [2.45, 2.75) is 0 Å². The Kier molecular flexibility index (Phi) is 3.53. The maximum atomic E-state index is 11.2.